The minimum Gasteiger partial charge on any atom is -0.410 e. The first-order valence-corrected chi connectivity index (χ1v) is 6.09. The lowest BCUT2D eigenvalue weighted by molar-refractivity contribution is 0.110. The Morgan fingerprint density at radius 3 is 2.35 bits per heavy atom. The fourth-order valence-corrected chi connectivity index (χ4v) is 1.95. The van der Waals surface area contributed by atoms with Gasteiger partial charge in [-0.1, -0.05) is 32.0 Å². The molecule has 92 valence electrons. The van der Waals surface area contributed by atoms with Gasteiger partial charge in [-0.3, -0.25) is 0 Å². The smallest absolute Gasteiger partial charge is 0.410 e. The standard InChI is InChI=1S/C14H19NO2/c1-14(2)8-10-15(11-9-14)13(16)17-12-6-4-3-5-7-12/h3-7H,8-11H2,1-2H3. The van der Waals surface area contributed by atoms with Crippen LogP contribution in [0.4, 0.5) is 4.79 Å². The van der Waals surface area contributed by atoms with Gasteiger partial charge in [-0.25, -0.2) is 4.79 Å². The molecule has 0 aliphatic carbocycles. The van der Waals surface area contributed by atoms with Gasteiger partial charge in [0.15, 0.2) is 0 Å². The summed E-state index contributed by atoms with van der Waals surface area (Å²) in [4.78, 5) is 13.7. The monoisotopic (exact) mass is 233 g/mol. The van der Waals surface area contributed by atoms with Crippen molar-refractivity contribution >= 4 is 6.09 Å². The number of nitrogens with zero attached hydrogens (tertiary/aromatic N) is 1. The summed E-state index contributed by atoms with van der Waals surface area (Å²) in [6, 6.07) is 9.22. The Morgan fingerprint density at radius 1 is 1.18 bits per heavy atom. The number of hydrogen-bond acceptors (Lipinski definition) is 2. The Kier molecular flexibility index (Phi) is 3.36. The molecule has 0 atom stereocenters. The van der Waals surface area contributed by atoms with Crippen molar-refractivity contribution in [1.82, 2.24) is 4.90 Å². The molecule has 1 aliphatic rings. The number of carbonyl (C=O) groups is 1. The van der Waals surface area contributed by atoms with Gasteiger partial charge in [0.05, 0.1) is 0 Å². The van der Waals surface area contributed by atoms with Crippen molar-refractivity contribution in [3.05, 3.63) is 30.3 Å². The Hall–Kier alpha value is -1.51. The van der Waals surface area contributed by atoms with Gasteiger partial charge >= 0.3 is 6.09 Å². The van der Waals surface area contributed by atoms with E-state index in [-0.39, 0.29) is 6.09 Å². The van der Waals surface area contributed by atoms with E-state index in [0.717, 1.165) is 25.9 Å². The lowest BCUT2D eigenvalue weighted by atomic mass is 9.83. The van der Waals surface area contributed by atoms with Crippen LogP contribution in [0.3, 0.4) is 0 Å². The van der Waals surface area contributed by atoms with Crippen molar-refractivity contribution in [3.8, 4) is 5.75 Å². The molecule has 1 fully saturated rings. The van der Waals surface area contributed by atoms with Crippen molar-refractivity contribution in [1.29, 1.82) is 0 Å². The van der Waals surface area contributed by atoms with Crippen LogP contribution in [-0.2, 0) is 0 Å². The highest BCUT2D eigenvalue weighted by atomic mass is 16.6. The molecule has 0 N–H and O–H groups in total. The third kappa shape index (κ3) is 3.22. The Bertz CT molecular complexity index is 376. The van der Waals surface area contributed by atoms with Crippen molar-refractivity contribution in [3.63, 3.8) is 0 Å². The molecule has 0 saturated carbocycles. The third-order valence-electron chi connectivity index (χ3n) is 3.32. The molecule has 3 heteroatoms. The fraction of sp³-hybridized carbons (Fsp3) is 0.500. The highest BCUT2D eigenvalue weighted by Crippen LogP contribution is 2.29. The number of benzene rings is 1. The SMILES string of the molecule is CC1(C)CCN(C(=O)Oc2ccccc2)CC1. The largest absolute Gasteiger partial charge is 0.415 e. The summed E-state index contributed by atoms with van der Waals surface area (Å²) in [5.41, 5.74) is 0.351. The van der Waals surface area contributed by atoms with Crippen LogP contribution in [0.25, 0.3) is 0 Å². The third-order valence-corrected chi connectivity index (χ3v) is 3.32. The van der Waals surface area contributed by atoms with Gasteiger partial charge in [0.1, 0.15) is 5.75 Å². The van der Waals surface area contributed by atoms with Crippen LogP contribution in [0.1, 0.15) is 26.7 Å². The topological polar surface area (TPSA) is 29.5 Å². The number of likely N-dealkylation sites (tertiary alicyclic amines) is 1. The van der Waals surface area contributed by atoms with E-state index >= 15 is 0 Å². The van der Waals surface area contributed by atoms with Gasteiger partial charge in [0.2, 0.25) is 0 Å². The van der Waals surface area contributed by atoms with Crippen molar-refractivity contribution in [2.75, 3.05) is 13.1 Å². The molecule has 2 rings (SSSR count). The molecule has 17 heavy (non-hydrogen) atoms. The van der Waals surface area contributed by atoms with Gasteiger partial charge in [-0.15, -0.1) is 0 Å². The molecule has 1 heterocycles. The van der Waals surface area contributed by atoms with Crippen LogP contribution in [0, 0.1) is 5.41 Å². The maximum atomic E-state index is 11.9. The van der Waals surface area contributed by atoms with Crippen molar-refractivity contribution in [2.45, 2.75) is 26.7 Å². The van der Waals surface area contributed by atoms with Crippen LogP contribution >= 0.6 is 0 Å². The van der Waals surface area contributed by atoms with Crippen LogP contribution in [0.2, 0.25) is 0 Å². The maximum Gasteiger partial charge on any atom is 0.415 e. The number of amides is 1. The highest BCUT2D eigenvalue weighted by Gasteiger charge is 2.28. The zero-order chi connectivity index (χ0) is 12.3. The number of rotatable bonds is 1. The molecule has 0 aromatic heterocycles. The molecule has 0 radical (unpaired) electrons. The lowest BCUT2D eigenvalue weighted by Gasteiger charge is -2.36. The summed E-state index contributed by atoms with van der Waals surface area (Å²) < 4.78 is 5.31. The van der Waals surface area contributed by atoms with E-state index in [9.17, 15) is 4.79 Å². The van der Waals surface area contributed by atoms with Gasteiger partial charge in [0.25, 0.3) is 0 Å². The number of hydrogen-bond donors (Lipinski definition) is 0. The predicted molar refractivity (Wildman–Crippen MR) is 67.1 cm³/mol. The van der Waals surface area contributed by atoms with E-state index in [2.05, 4.69) is 13.8 Å². The van der Waals surface area contributed by atoms with Gasteiger partial charge in [-0.2, -0.15) is 0 Å². The first-order chi connectivity index (χ1) is 8.07. The molecule has 1 aliphatic heterocycles. The molecular weight excluding hydrogens is 214 g/mol. The second-order valence-electron chi connectivity index (χ2n) is 5.33. The minimum absolute atomic E-state index is 0.230. The van der Waals surface area contributed by atoms with E-state index in [1.54, 1.807) is 17.0 Å². The molecule has 0 spiro atoms. The zero-order valence-electron chi connectivity index (χ0n) is 10.5. The Balaban J connectivity index is 1.90. The number of carbonyl (C=O) groups excluding carboxylic acids is 1. The second kappa shape index (κ2) is 4.78. The first kappa shape index (κ1) is 12.0. The van der Waals surface area contributed by atoms with Crippen LogP contribution < -0.4 is 4.74 Å². The lowest BCUT2D eigenvalue weighted by Crippen LogP contribution is -2.42. The van der Waals surface area contributed by atoms with Crippen molar-refractivity contribution in [2.24, 2.45) is 5.41 Å². The van der Waals surface area contributed by atoms with Crippen LogP contribution in [-0.4, -0.2) is 24.1 Å². The average Bonchev–Trinajstić information content (AvgIpc) is 2.30. The molecule has 0 unspecified atom stereocenters. The second-order valence-corrected chi connectivity index (χ2v) is 5.33. The van der Waals surface area contributed by atoms with E-state index < -0.39 is 0 Å². The summed E-state index contributed by atoms with van der Waals surface area (Å²) in [5.74, 6) is 0.613. The number of piperidine rings is 1. The number of ether oxygens (including phenoxy) is 1. The maximum absolute atomic E-state index is 11.9. The van der Waals surface area contributed by atoms with Crippen LogP contribution in [0.15, 0.2) is 30.3 Å². The first-order valence-electron chi connectivity index (χ1n) is 6.09. The van der Waals surface area contributed by atoms with Crippen LogP contribution in [0.5, 0.6) is 5.75 Å². The fourth-order valence-electron chi connectivity index (χ4n) is 1.95. The summed E-state index contributed by atoms with van der Waals surface area (Å²) in [7, 11) is 0. The molecule has 0 bridgehead atoms. The van der Waals surface area contributed by atoms with Gasteiger partial charge in [0, 0.05) is 13.1 Å². The van der Waals surface area contributed by atoms with E-state index in [4.69, 9.17) is 4.74 Å². The zero-order valence-corrected chi connectivity index (χ0v) is 10.5. The Labute approximate surface area is 102 Å². The highest BCUT2D eigenvalue weighted by molar-refractivity contribution is 5.70. The van der Waals surface area contributed by atoms with Gasteiger partial charge in [-0.05, 0) is 30.4 Å². The van der Waals surface area contributed by atoms with E-state index in [0.29, 0.717) is 11.2 Å². The minimum atomic E-state index is -0.230. The summed E-state index contributed by atoms with van der Waals surface area (Å²) in [6.07, 6.45) is 1.85. The normalized spacial score (nSPS) is 18.8. The number of para-hydroxylation sites is 1. The molecule has 1 aromatic rings. The Morgan fingerprint density at radius 2 is 1.76 bits per heavy atom. The van der Waals surface area contributed by atoms with Crippen molar-refractivity contribution < 1.29 is 9.53 Å². The van der Waals surface area contributed by atoms with Gasteiger partial charge < -0.3 is 9.64 Å². The molecule has 1 saturated heterocycles. The molecule has 3 nitrogen and oxygen atoms in total. The molecular formula is C14H19NO2. The summed E-state index contributed by atoms with van der Waals surface area (Å²) in [5, 5.41) is 0. The summed E-state index contributed by atoms with van der Waals surface area (Å²) >= 11 is 0. The van der Waals surface area contributed by atoms with E-state index in [1.807, 2.05) is 18.2 Å². The summed E-state index contributed by atoms with van der Waals surface area (Å²) in [6.45, 7) is 6.07. The molecule has 1 amide bonds. The van der Waals surface area contributed by atoms with E-state index in [1.165, 1.54) is 0 Å². The predicted octanol–water partition coefficient (Wildman–Crippen LogP) is 3.31. The molecule has 1 aromatic carbocycles. The quantitative estimate of drug-likeness (QED) is 0.744. The average molecular weight is 233 g/mol.